The minimum atomic E-state index is 0.654. The Bertz CT molecular complexity index is 1860. The van der Waals surface area contributed by atoms with Gasteiger partial charge < -0.3 is 8.83 Å². The highest BCUT2D eigenvalue weighted by atomic mass is 16.3. The van der Waals surface area contributed by atoms with Gasteiger partial charge >= 0.3 is 0 Å². The van der Waals surface area contributed by atoms with Crippen molar-refractivity contribution in [1.82, 2.24) is 19.9 Å². The maximum absolute atomic E-state index is 5.45. The van der Waals surface area contributed by atoms with Gasteiger partial charge in [0.1, 0.15) is 11.4 Å². The summed E-state index contributed by atoms with van der Waals surface area (Å²) in [5.41, 5.74) is 5.43. The number of pyridine rings is 2. The Balaban J connectivity index is 1.27. The summed E-state index contributed by atoms with van der Waals surface area (Å²) >= 11 is 0. The van der Waals surface area contributed by atoms with E-state index in [9.17, 15) is 0 Å². The van der Waals surface area contributed by atoms with Crippen molar-refractivity contribution in [3.63, 3.8) is 0 Å². The number of hydrogen-bond acceptors (Lipinski definition) is 6. The molecule has 0 aliphatic carbocycles. The third-order valence-electron chi connectivity index (χ3n) is 6.99. The highest BCUT2D eigenvalue weighted by molar-refractivity contribution is 6.24. The van der Waals surface area contributed by atoms with Crippen LogP contribution in [0.5, 0.6) is 0 Å². The van der Waals surface area contributed by atoms with Gasteiger partial charge in [0, 0.05) is 11.1 Å². The Hall–Kier alpha value is -5.36. The van der Waals surface area contributed by atoms with E-state index in [1.807, 2.05) is 36.4 Å². The Morgan fingerprint density at radius 3 is 1.21 bits per heavy atom. The molecule has 0 bridgehead atoms. The molecule has 4 heterocycles. The monoisotopic (exact) mass is 490 g/mol. The maximum Gasteiger partial charge on any atom is 0.181 e. The number of rotatable bonds is 4. The molecule has 38 heavy (non-hydrogen) atoms. The lowest BCUT2D eigenvalue weighted by molar-refractivity contribution is 0.569. The Morgan fingerprint density at radius 1 is 0.447 bits per heavy atom. The van der Waals surface area contributed by atoms with Gasteiger partial charge in [0.15, 0.2) is 24.3 Å². The summed E-state index contributed by atoms with van der Waals surface area (Å²) in [4.78, 5) is 17.7. The molecule has 0 unspecified atom stereocenters. The van der Waals surface area contributed by atoms with Crippen molar-refractivity contribution in [1.29, 1.82) is 0 Å². The predicted molar refractivity (Wildman–Crippen MR) is 148 cm³/mol. The average Bonchev–Trinajstić information content (AvgIpc) is 3.71. The number of hydrogen-bond donors (Lipinski definition) is 0. The fraction of sp³-hybridized carbons (Fsp3) is 0. The van der Waals surface area contributed by atoms with E-state index in [1.165, 1.54) is 45.1 Å². The molecule has 4 aromatic carbocycles. The molecule has 0 aliphatic rings. The van der Waals surface area contributed by atoms with Crippen molar-refractivity contribution in [2.75, 3.05) is 0 Å². The van der Waals surface area contributed by atoms with Gasteiger partial charge in [-0.25, -0.2) is 19.9 Å². The van der Waals surface area contributed by atoms with E-state index in [2.05, 4.69) is 58.5 Å². The normalized spacial score (nSPS) is 11.7. The van der Waals surface area contributed by atoms with E-state index >= 15 is 0 Å². The van der Waals surface area contributed by atoms with Gasteiger partial charge in [-0.05, 0) is 80.8 Å². The summed E-state index contributed by atoms with van der Waals surface area (Å²) in [6.45, 7) is 0. The van der Waals surface area contributed by atoms with Crippen molar-refractivity contribution in [3.05, 3.63) is 110 Å². The zero-order chi connectivity index (χ0) is 25.1. The zero-order valence-corrected chi connectivity index (χ0v) is 20.0. The minimum Gasteiger partial charge on any atom is -0.442 e. The summed E-state index contributed by atoms with van der Waals surface area (Å²) in [6.07, 6.45) is 6.21. The van der Waals surface area contributed by atoms with Crippen LogP contribution in [-0.4, -0.2) is 19.9 Å². The van der Waals surface area contributed by atoms with Crippen LogP contribution in [0, 0.1) is 0 Å². The van der Waals surface area contributed by atoms with E-state index in [0.717, 1.165) is 33.9 Å². The van der Waals surface area contributed by atoms with Gasteiger partial charge in [0.05, 0.1) is 23.8 Å². The molecule has 8 aromatic rings. The molecular formula is C32H18N4O2. The number of nitrogens with zero attached hydrogens (tertiary/aromatic N) is 4. The topological polar surface area (TPSA) is 77.8 Å². The van der Waals surface area contributed by atoms with Crippen LogP contribution in [-0.2, 0) is 0 Å². The van der Waals surface area contributed by atoms with Gasteiger partial charge in [-0.15, -0.1) is 0 Å². The molecule has 0 N–H and O–H groups in total. The Morgan fingerprint density at radius 2 is 0.842 bits per heavy atom. The van der Waals surface area contributed by atoms with Crippen molar-refractivity contribution in [3.8, 4) is 45.4 Å². The fourth-order valence-electron chi connectivity index (χ4n) is 5.28. The van der Waals surface area contributed by atoms with Crippen LogP contribution in [0.25, 0.3) is 77.7 Å². The quantitative estimate of drug-likeness (QED) is 0.233. The van der Waals surface area contributed by atoms with E-state index in [1.54, 1.807) is 12.4 Å². The lowest BCUT2D eigenvalue weighted by Gasteiger charge is -2.14. The second kappa shape index (κ2) is 8.08. The lowest BCUT2D eigenvalue weighted by atomic mass is 9.90. The number of benzene rings is 4. The third kappa shape index (κ3) is 3.28. The summed E-state index contributed by atoms with van der Waals surface area (Å²) in [5, 5.41) is 7.23. The summed E-state index contributed by atoms with van der Waals surface area (Å²) < 4.78 is 10.9. The van der Waals surface area contributed by atoms with E-state index in [0.29, 0.717) is 11.5 Å². The summed E-state index contributed by atoms with van der Waals surface area (Å²) in [6, 6.07) is 29.5. The van der Waals surface area contributed by atoms with Crippen LogP contribution in [0.4, 0.5) is 0 Å². The highest BCUT2D eigenvalue weighted by Crippen LogP contribution is 2.39. The van der Waals surface area contributed by atoms with Crippen molar-refractivity contribution >= 4 is 32.3 Å². The predicted octanol–water partition coefficient (Wildman–Crippen LogP) is 8.02. The van der Waals surface area contributed by atoms with Crippen molar-refractivity contribution in [2.24, 2.45) is 0 Å². The maximum atomic E-state index is 5.45. The van der Waals surface area contributed by atoms with Crippen LogP contribution in [0.1, 0.15) is 0 Å². The summed E-state index contributed by atoms with van der Waals surface area (Å²) in [7, 11) is 0. The zero-order valence-electron chi connectivity index (χ0n) is 20.0. The molecule has 6 nitrogen and oxygen atoms in total. The molecule has 0 radical (unpaired) electrons. The molecule has 0 saturated carbocycles. The molecule has 178 valence electrons. The average molecular weight is 491 g/mol. The molecule has 8 rings (SSSR count). The van der Waals surface area contributed by atoms with Crippen LogP contribution in [0.2, 0.25) is 0 Å². The molecule has 0 saturated heterocycles. The second-order valence-corrected chi connectivity index (χ2v) is 9.27. The molecule has 6 heteroatoms. The van der Waals surface area contributed by atoms with Crippen molar-refractivity contribution in [2.45, 2.75) is 0 Å². The molecule has 0 atom stereocenters. The highest BCUT2D eigenvalue weighted by Gasteiger charge is 2.14. The smallest absolute Gasteiger partial charge is 0.181 e. The molecule has 0 fully saturated rings. The van der Waals surface area contributed by atoms with Gasteiger partial charge in [0.25, 0.3) is 0 Å². The standard InChI is InChI=1S/C32H18N4O2/c1-3-25(35-27(5-1)29-15-33-17-37-29)23-11-19-7-9-21-13-24(14-22-10-8-20(12-23)31(19)32(21)22)26-4-2-6-28(36-26)30-16-34-18-38-30/h1-18H. The van der Waals surface area contributed by atoms with Crippen LogP contribution in [0.15, 0.2) is 119 Å². The van der Waals surface area contributed by atoms with Gasteiger partial charge in [0.2, 0.25) is 0 Å². The van der Waals surface area contributed by atoms with E-state index < -0.39 is 0 Å². The fourth-order valence-corrected chi connectivity index (χ4v) is 5.28. The van der Waals surface area contributed by atoms with Gasteiger partial charge in [-0.3, -0.25) is 0 Å². The first-order valence-corrected chi connectivity index (χ1v) is 12.3. The molecular weight excluding hydrogens is 472 g/mol. The van der Waals surface area contributed by atoms with Gasteiger partial charge in [-0.2, -0.15) is 0 Å². The summed E-state index contributed by atoms with van der Waals surface area (Å²) in [5.74, 6) is 1.31. The minimum absolute atomic E-state index is 0.654. The molecule has 0 aliphatic heterocycles. The third-order valence-corrected chi connectivity index (χ3v) is 6.99. The van der Waals surface area contributed by atoms with Crippen LogP contribution >= 0.6 is 0 Å². The molecule has 0 spiro atoms. The second-order valence-electron chi connectivity index (χ2n) is 9.27. The van der Waals surface area contributed by atoms with E-state index in [4.69, 9.17) is 18.8 Å². The first kappa shape index (κ1) is 20.8. The lowest BCUT2D eigenvalue weighted by Crippen LogP contribution is -1.91. The first-order valence-electron chi connectivity index (χ1n) is 12.3. The van der Waals surface area contributed by atoms with Crippen molar-refractivity contribution < 1.29 is 8.83 Å². The number of oxazole rings is 2. The molecule has 0 amide bonds. The largest absolute Gasteiger partial charge is 0.442 e. The number of aromatic nitrogens is 4. The molecule has 4 aromatic heterocycles. The SMILES string of the molecule is c1cc(-c2cc3ccc4cc(-c5cccc(-c6cnco6)n5)cc5ccc(c2)c3c45)nc(-c2cnco2)c1. The van der Waals surface area contributed by atoms with Crippen LogP contribution < -0.4 is 0 Å². The first-order chi connectivity index (χ1) is 18.8. The Labute approximate surface area is 216 Å². The van der Waals surface area contributed by atoms with Gasteiger partial charge in [-0.1, -0.05) is 36.4 Å². The van der Waals surface area contributed by atoms with E-state index in [-0.39, 0.29) is 0 Å². The Kier molecular flexibility index (Phi) is 4.42. The van der Waals surface area contributed by atoms with Crippen LogP contribution in [0.3, 0.4) is 0 Å².